The van der Waals surface area contributed by atoms with Gasteiger partial charge in [-0.2, -0.15) is 0 Å². The summed E-state index contributed by atoms with van der Waals surface area (Å²) in [5.74, 6) is -1.10. The van der Waals surface area contributed by atoms with Gasteiger partial charge in [0.05, 0.1) is 18.2 Å². The van der Waals surface area contributed by atoms with E-state index in [0.717, 1.165) is 24.8 Å². The second-order valence-corrected chi connectivity index (χ2v) is 9.63. The number of carbonyl (C=O) groups is 2. The number of aliphatic carboxylic acids is 1. The summed E-state index contributed by atoms with van der Waals surface area (Å²) in [5, 5.41) is 16.2. The summed E-state index contributed by atoms with van der Waals surface area (Å²) in [6.45, 7) is 6.15. The van der Waals surface area contributed by atoms with Crippen molar-refractivity contribution in [2.24, 2.45) is 0 Å². The molecule has 0 saturated heterocycles. The van der Waals surface area contributed by atoms with E-state index >= 15 is 0 Å². The summed E-state index contributed by atoms with van der Waals surface area (Å²) in [5.41, 5.74) is 6.74. The van der Waals surface area contributed by atoms with Crippen LogP contribution in [0.4, 0.5) is 0 Å². The molecule has 2 aromatic rings. The van der Waals surface area contributed by atoms with E-state index in [2.05, 4.69) is 53.1 Å². The van der Waals surface area contributed by atoms with Gasteiger partial charge in [0.2, 0.25) is 5.91 Å². The second kappa shape index (κ2) is 11.2. The maximum Gasteiger partial charge on any atom is 0.331 e. The zero-order valence-corrected chi connectivity index (χ0v) is 20.8. The van der Waals surface area contributed by atoms with E-state index in [1.807, 2.05) is 13.8 Å². The third-order valence-electron chi connectivity index (χ3n) is 7.22. The molecule has 3 atom stereocenters. The van der Waals surface area contributed by atoms with Gasteiger partial charge in [-0.1, -0.05) is 56.3 Å². The molecule has 3 N–H and O–H groups in total. The standard InChI is InChI=1S/C29H36N2O4/c1-4-25(5-2)35-27-16-24(29(33)34)15-26(28(27)31-18(3)32)30-17-19-6-8-20(9-7-19)22-12-10-21-11-13-23(21)14-22/h6-10,12,14,16,25-28,30H,4-5,11,13,15,17H2,1-3H3,(H,31,32)(H,33,34)/t26-,27+,28+/m0/s1. The van der Waals surface area contributed by atoms with E-state index in [1.54, 1.807) is 6.08 Å². The van der Waals surface area contributed by atoms with Crippen LogP contribution in [0.15, 0.2) is 54.1 Å². The summed E-state index contributed by atoms with van der Waals surface area (Å²) < 4.78 is 6.26. The number of benzene rings is 2. The van der Waals surface area contributed by atoms with Crippen LogP contribution >= 0.6 is 0 Å². The van der Waals surface area contributed by atoms with Crippen LogP contribution in [0, 0.1) is 0 Å². The molecule has 0 bridgehead atoms. The van der Waals surface area contributed by atoms with Crippen LogP contribution in [-0.4, -0.2) is 41.3 Å². The van der Waals surface area contributed by atoms with Crippen LogP contribution < -0.4 is 10.6 Å². The van der Waals surface area contributed by atoms with E-state index in [1.165, 1.54) is 35.6 Å². The Bertz CT molecular complexity index is 1090. The zero-order valence-electron chi connectivity index (χ0n) is 20.8. The van der Waals surface area contributed by atoms with Crippen molar-refractivity contribution in [3.63, 3.8) is 0 Å². The molecule has 186 valence electrons. The summed E-state index contributed by atoms with van der Waals surface area (Å²) in [4.78, 5) is 23.9. The number of nitrogens with one attached hydrogen (secondary N) is 2. The van der Waals surface area contributed by atoms with Crippen LogP contribution in [0.3, 0.4) is 0 Å². The van der Waals surface area contributed by atoms with Crippen molar-refractivity contribution in [2.75, 3.05) is 0 Å². The molecule has 0 saturated carbocycles. The molecule has 0 radical (unpaired) electrons. The number of fused-ring (bicyclic) bond motifs is 1. The number of amides is 1. The second-order valence-electron chi connectivity index (χ2n) is 9.63. The van der Waals surface area contributed by atoms with Gasteiger partial charge < -0.3 is 20.5 Å². The maximum atomic E-state index is 12.0. The molecule has 0 spiro atoms. The number of hydrogen-bond acceptors (Lipinski definition) is 4. The summed E-state index contributed by atoms with van der Waals surface area (Å²) in [7, 11) is 0. The number of ether oxygens (including phenoxy) is 1. The first-order valence-electron chi connectivity index (χ1n) is 12.7. The maximum absolute atomic E-state index is 12.0. The SMILES string of the molecule is CCC(CC)O[C@@H]1C=C(C(=O)O)C[C@H](NCc2ccc(-c3ccc4c(c3)CC4)cc2)[C@H]1NC(C)=O. The van der Waals surface area contributed by atoms with Gasteiger partial charge in [0.25, 0.3) is 0 Å². The lowest BCUT2D eigenvalue weighted by molar-refractivity contribution is -0.133. The van der Waals surface area contributed by atoms with Crippen molar-refractivity contribution in [3.05, 3.63) is 70.8 Å². The predicted molar refractivity (Wildman–Crippen MR) is 137 cm³/mol. The zero-order chi connectivity index (χ0) is 24.9. The molecule has 1 amide bonds. The van der Waals surface area contributed by atoms with Gasteiger partial charge in [0, 0.05) is 25.1 Å². The van der Waals surface area contributed by atoms with E-state index in [-0.39, 0.29) is 24.1 Å². The van der Waals surface area contributed by atoms with Crippen LogP contribution in [0.25, 0.3) is 11.1 Å². The fourth-order valence-corrected chi connectivity index (χ4v) is 5.00. The van der Waals surface area contributed by atoms with Crippen molar-refractivity contribution in [3.8, 4) is 11.1 Å². The Morgan fingerprint density at radius 2 is 1.71 bits per heavy atom. The third kappa shape index (κ3) is 6.00. The van der Waals surface area contributed by atoms with Crippen molar-refractivity contribution >= 4 is 11.9 Å². The Morgan fingerprint density at radius 1 is 1.03 bits per heavy atom. The smallest absolute Gasteiger partial charge is 0.331 e. The fourth-order valence-electron chi connectivity index (χ4n) is 5.00. The Morgan fingerprint density at radius 3 is 2.29 bits per heavy atom. The molecule has 2 aromatic carbocycles. The van der Waals surface area contributed by atoms with Gasteiger partial charge >= 0.3 is 5.97 Å². The summed E-state index contributed by atoms with van der Waals surface area (Å²) >= 11 is 0. The van der Waals surface area contributed by atoms with Crippen LogP contribution in [0.1, 0.15) is 56.7 Å². The highest BCUT2D eigenvalue weighted by atomic mass is 16.5. The first kappa shape index (κ1) is 25.1. The quantitative estimate of drug-likeness (QED) is 0.473. The van der Waals surface area contributed by atoms with Crippen LogP contribution in [0.2, 0.25) is 0 Å². The minimum absolute atomic E-state index is 0.00349. The van der Waals surface area contributed by atoms with Gasteiger partial charge in [0.1, 0.15) is 0 Å². The summed E-state index contributed by atoms with van der Waals surface area (Å²) in [6, 6.07) is 14.5. The molecule has 6 nitrogen and oxygen atoms in total. The predicted octanol–water partition coefficient (Wildman–Crippen LogP) is 4.40. The lowest BCUT2D eigenvalue weighted by Crippen LogP contribution is -2.58. The molecule has 0 heterocycles. The average Bonchev–Trinajstić information content (AvgIpc) is 2.83. The number of hydrogen-bond donors (Lipinski definition) is 3. The first-order chi connectivity index (χ1) is 16.9. The van der Waals surface area contributed by atoms with Gasteiger partial charge in [-0.25, -0.2) is 4.79 Å². The molecule has 6 heteroatoms. The fraction of sp³-hybridized carbons (Fsp3) is 0.448. The van der Waals surface area contributed by atoms with Crippen molar-refractivity contribution < 1.29 is 19.4 Å². The molecule has 35 heavy (non-hydrogen) atoms. The molecule has 4 rings (SSSR count). The van der Waals surface area contributed by atoms with Gasteiger partial charge in [-0.15, -0.1) is 0 Å². The highest BCUT2D eigenvalue weighted by Gasteiger charge is 2.37. The Hall–Kier alpha value is -2.96. The number of carbonyl (C=O) groups excluding carboxylic acids is 1. The number of carboxylic acids is 1. The number of rotatable bonds is 10. The third-order valence-corrected chi connectivity index (χ3v) is 7.22. The molecular weight excluding hydrogens is 440 g/mol. The van der Waals surface area contributed by atoms with Gasteiger partial charge in [-0.05, 0) is 66.0 Å². The van der Waals surface area contributed by atoms with E-state index < -0.39 is 12.1 Å². The van der Waals surface area contributed by atoms with E-state index in [4.69, 9.17) is 4.74 Å². The lowest BCUT2D eigenvalue weighted by Gasteiger charge is -2.38. The topological polar surface area (TPSA) is 87.7 Å². The first-order valence-corrected chi connectivity index (χ1v) is 12.7. The monoisotopic (exact) mass is 476 g/mol. The van der Waals surface area contributed by atoms with Crippen molar-refractivity contribution in [1.82, 2.24) is 10.6 Å². The number of carboxylic acid groups (broad SMARTS) is 1. The van der Waals surface area contributed by atoms with Crippen molar-refractivity contribution in [1.29, 1.82) is 0 Å². The molecule has 0 fully saturated rings. The highest BCUT2D eigenvalue weighted by Crippen LogP contribution is 2.29. The molecule has 0 unspecified atom stereocenters. The summed E-state index contributed by atoms with van der Waals surface area (Å²) in [6.07, 6.45) is 5.48. The minimum atomic E-state index is -0.945. The Balaban J connectivity index is 1.48. The van der Waals surface area contributed by atoms with Gasteiger partial charge in [0.15, 0.2) is 0 Å². The lowest BCUT2D eigenvalue weighted by atomic mass is 9.86. The minimum Gasteiger partial charge on any atom is -0.478 e. The van der Waals surface area contributed by atoms with Crippen LogP contribution in [0.5, 0.6) is 0 Å². The molecular formula is C29H36N2O4. The van der Waals surface area contributed by atoms with E-state index in [0.29, 0.717) is 18.5 Å². The van der Waals surface area contributed by atoms with Crippen LogP contribution in [-0.2, 0) is 33.7 Å². The number of aryl methyl sites for hydroxylation is 2. The normalized spacial score (nSPS) is 21.1. The largest absolute Gasteiger partial charge is 0.478 e. The molecule has 2 aliphatic carbocycles. The van der Waals surface area contributed by atoms with Crippen molar-refractivity contribution in [2.45, 2.75) is 83.7 Å². The highest BCUT2D eigenvalue weighted by molar-refractivity contribution is 5.87. The van der Waals surface area contributed by atoms with Gasteiger partial charge in [-0.3, -0.25) is 4.79 Å². The molecule has 0 aromatic heterocycles. The van der Waals surface area contributed by atoms with E-state index in [9.17, 15) is 14.7 Å². The molecule has 0 aliphatic heterocycles. The average molecular weight is 477 g/mol. The Kier molecular flexibility index (Phi) is 8.04. The Labute approximate surface area is 207 Å². The molecule has 2 aliphatic rings.